The second-order valence-electron chi connectivity index (χ2n) is 5.98. The molecule has 0 aliphatic carbocycles. The summed E-state index contributed by atoms with van der Waals surface area (Å²) >= 11 is 11.9. The quantitative estimate of drug-likeness (QED) is 0.401. The maximum atomic E-state index is 10.0. The molecule has 0 unspecified atom stereocenters. The van der Waals surface area contributed by atoms with Gasteiger partial charge in [-0.15, -0.1) is 0 Å². The van der Waals surface area contributed by atoms with Gasteiger partial charge in [-0.3, -0.25) is 4.99 Å². The van der Waals surface area contributed by atoms with Crippen molar-refractivity contribution in [2.75, 3.05) is 7.11 Å². The predicted molar refractivity (Wildman–Crippen MR) is 111 cm³/mol. The second-order valence-corrected chi connectivity index (χ2v) is 6.83. The molecule has 0 amide bonds. The first kappa shape index (κ1) is 18.3. The van der Waals surface area contributed by atoms with E-state index >= 15 is 0 Å². The minimum atomic E-state index is -0.0703. The zero-order valence-corrected chi connectivity index (χ0v) is 16.2. The van der Waals surface area contributed by atoms with Gasteiger partial charge in [-0.2, -0.15) is 0 Å². The van der Waals surface area contributed by atoms with Gasteiger partial charge in [-0.05, 0) is 54.6 Å². The highest BCUT2D eigenvalue weighted by Gasteiger charge is 2.10. The van der Waals surface area contributed by atoms with Crippen molar-refractivity contribution in [3.05, 3.63) is 70.2 Å². The number of aromatic hydroxyl groups is 1. The SMILES string of the molecule is COc1ccc(-c2nc3cc(N=Cc4cc(Cl)cc(Cl)c4O)ccc3o2)cc1. The maximum Gasteiger partial charge on any atom is 0.227 e. The van der Waals surface area contributed by atoms with Gasteiger partial charge in [0.05, 0.1) is 17.8 Å². The molecule has 0 radical (unpaired) electrons. The summed E-state index contributed by atoms with van der Waals surface area (Å²) in [4.78, 5) is 8.90. The maximum absolute atomic E-state index is 10.0. The summed E-state index contributed by atoms with van der Waals surface area (Å²) in [5.74, 6) is 1.21. The number of methoxy groups -OCH3 is 1. The molecule has 7 heteroatoms. The van der Waals surface area contributed by atoms with Crippen LogP contribution in [0.2, 0.25) is 10.0 Å². The topological polar surface area (TPSA) is 67.9 Å². The van der Waals surface area contributed by atoms with Gasteiger partial charge in [-0.1, -0.05) is 23.2 Å². The Morgan fingerprint density at radius 2 is 1.86 bits per heavy atom. The van der Waals surface area contributed by atoms with Gasteiger partial charge >= 0.3 is 0 Å². The highest BCUT2D eigenvalue weighted by atomic mass is 35.5. The summed E-state index contributed by atoms with van der Waals surface area (Å²) in [7, 11) is 1.62. The van der Waals surface area contributed by atoms with Crippen LogP contribution in [0.3, 0.4) is 0 Å². The van der Waals surface area contributed by atoms with Gasteiger partial charge < -0.3 is 14.3 Å². The molecular formula is C21H14Cl2N2O3. The van der Waals surface area contributed by atoms with Crippen molar-refractivity contribution in [3.8, 4) is 23.0 Å². The van der Waals surface area contributed by atoms with E-state index in [1.165, 1.54) is 12.3 Å². The number of oxazole rings is 1. The monoisotopic (exact) mass is 412 g/mol. The van der Waals surface area contributed by atoms with E-state index in [4.69, 9.17) is 32.4 Å². The zero-order valence-electron chi connectivity index (χ0n) is 14.7. The molecule has 4 rings (SSSR count). The fourth-order valence-electron chi connectivity index (χ4n) is 2.68. The molecule has 0 saturated heterocycles. The summed E-state index contributed by atoms with van der Waals surface area (Å²) < 4.78 is 11.0. The number of halogens is 2. The van der Waals surface area contributed by atoms with Crippen molar-refractivity contribution in [1.29, 1.82) is 0 Å². The first-order chi connectivity index (χ1) is 13.5. The van der Waals surface area contributed by atoms with E-state index < -0.39 is 0 Å². The molecule has 0 saturated carbocycles. The summed E-state index contributed by atoms with van der Waals surface area (Å²) in [6.07, 6.45) is 1.50. The molecule has 0 spiro atoms. The molecular weight excluding hydrogens is 399 g/mol. The Morgan fingerprint density at radius 1 is 1.07 bits per heavy atom. The predicted octanol–water partition coefficient (Wildman–Crippen LogP) is 6.27. The number of hydrogen-bond donors (Lipinski definition) is 1. The van der Waals surface area contributed by atoms with Crippen LogP contribution in [0.15, 0.2) is 64.0 Å². The van der Waals surface area contributed by atoms with E-state index in [2.05, 4.69) is 9.98 Å². The highest BCUT2D eigenvalue weighted by molar-refractivity contribution is 6.36. The van der Waals surface area contributed by atoms with E-state index in [1.54, 1.807) is 31.4 Å². The van der Waals surface area contributed by atoms with Gasteiger partial charge in [0.1, 0.15) is 17.0 Å². The molecule has 0 aliphatic heterocycles. The number of aromatic nitrogens is 1. The van der Waals surface area contributed by atoms with Crippen LogP contribution in [0.25, 0.3) is 22.6 Å². The van der Waals surface area contributed by atoms with Crippen molar-refractivity contribution in [2.45, 2.75) is 0 Å². The Hall–Kier alpha value is -3.02. The third kappa shape index (κ3) is 3.67. The van der Waals surface area contributed by atoms with E-state index in [9.17, 15) is 5.11 Å². The Bertz CT molecular complexity index is 1180. The minimum Gasteiger partial charge on any atom is -0.506 e. The number of aliphatic imine (C=N–C) groups is 1. The lowest BCUT2D eigenvalue weighted by molar-refractivity contribution is 0.415. The molecule has 0 bridgehead atoms. The molecule has 3 aromatic carbocycles. The van der Waals surface area contributed by atoms with Gasteiger partial charge in [-0.25, -0.2) is 4.98 Å². The van der Waals surface area contributed by atoms with E-state index in [-0.39, 0.29) is 10.8 Å². The summed E-state index contributed by atoms with van der Waals surface area (Å²) in [5.41, 5.74) is 3.25. The van der Waals surface area contributed by atoms with Crippen molar-refractivity contribution in [1.82, 2.24) is 4.98 Å². The normalized spacial score (nSPS) is 11.4. The van der Waals surface area contributed by atoms with E-state index in [1.807, 2.05) is 24.3 Å². The average Bonchev–Trinajstić information content (AvgIpc) is 3.13. The lowest BCUT2D eigenvalue weighted by Crippen LogP contribution is -1.84. The van der Waals surface area contributed by atoms with E-state index in [0.29, 0.717) is 33.3 Å². The van der Waals surface area contributed by atoms with Crippen LogP contribution in [0.4, 0.5) is 5.69 Å². The number of nitrogens with zero attached hydrogens (tertiary/aromatic N) is 2. The van der Waals surface area contributed by atoms with Crippen LogP contribution in [-0.4, -0.2) is 23.4 Å². The summed E-state index contributed by atoms with van der Waals surface area (Å²) in [5, 5.41) is 10.6. The number of phenols is 1. The molecule has 140 valence electrons. The van der Waals surface area contributed by atoms with Crippen molar-refractivity contribution in [3.63, 3.8) is 0 Å². The molecule has 1 N–H and O–H groups in total. The molecule has 4 aromatic rings. The van der Waals surface area contributed by atoms with Crippen LogP contribution >= 0.6 is 23.2 Å². The standard InChI is InChI=1S/C21H14Cl2N2O3/c1-27-16-5-2-12(3-6-16)21-25-18-10-15(4-7-19(18)28-21)24-11-13-8-14(22)9-17(23)20(13)26/h2-11,26H,1H3. The molecule has 0 aliphatic rings. The van der Waals surface area contributed by atoms with Crippen molar-refractivity contribution < 1.29 is 14.3 Å². The zero-order chi connectivity index (χ0) is 19.7. The summed E-state index contributed by atoms with van der Waals surface area (Å²) in [6.45, 7) is 0. The average molecular weight is 413 g/mol. The van der Waals surface area contributed by atoms with E-state index in [0.717, 1.165) is 11.3 Å². The van der Waals surface area contributed by atoms with Crippen molar-refractivity contribution >= 4 is 46.2 Å². The first-order valence-corrected chi connectivity index (χ1v) is 9.06. The second kappa shape index (κ2) is 7.54. The molecule has 28 heavy (non-hydrogen) atoms. The molecule has 0 fully saturated rings. The molecule has 0 atom stereocenters. The van der Waals surface area contributed by atoms with Crippen LogP contribution in [0.1, 0.15) is 5.56 Å². The summed E-state index contributed by atoms with van der Waals surface area (Å²) in [6, 6.07) is 15.9. The van der Waals surface area contributed by atoms with Gasteiger partial charge in [0.25, 0.3) is 0 Å². The Balaban J connectivity index is 1.65. The largest absolute Gasteiger partial charge is 0.506 e. The van der Waals surface area contributed by atoms with Crippen LogP contribution in [0, 0.1) is 0 Å². The highest BCUT2D eigenvalue weighted by Crippen LogP contribution is 2.31. The first-order valence-electron chi connectivity index (χ1n) is 8.30. The van der Waals surface area contributed by atoms with Crippen LogP contribution < -0.4 is 4.74 Å². The van der Waals surface area contributed by atoms with Crippen molar-refractivity contribution in [2.24, 2.45) is 4.99 Å². The van der Waals surface area contributed by atoms with Crippen LogP contribution in [-0.2, 0) is 0 Å². The lowest BCUT2D eigenvalue weighted by Gasteiger charge is -2.02. The van der Waals surface area contributed by atoms with Gasteiger partial charge in [0.15, 0.2) is 5.58 Å². The number of benzene rings is 3. The fraction of sp³-hybridized carbons (Fsp3) is 0.0476. The molecule has 5 nitrogen and oxygen atoms in total. The number of rotatable bonds is 4. The Kier molecular flexibility index (Phi) is 4.94. The van der Waals surface area contributed by atoms with Crippen LogP contribution in [0.5, 0.6) is 11.5 Å². The number of phenolic OH excluding ortho intramolecular Hbond substituents is 1. The molecule has 1 heterocycles. The number of fused-ring (bicyclic) bond motifs is 1. The Morgan fingerprint density at radius 3 is 2.61 bits per heavy atom. The molecule has 1 aromatic heterocycles. The number of hydrogen-bond acceptors (Lipinski definition) is 5. The van der Waals surface area contributed by atoms with Gasteiger partial charge in [0, 0.05) is 22.4 Å². The minimum absolute atomic E-state index is 0.0703. The third-order valence-corrected chi connectivity index (χ3v) is 4.62. The number of ether oxygens (including phenoxy) is 1. The Labute approximate surface area is 170 Å². The lowest BCUT2D eigenvalue weighted by atomic mass is 10.2. The third-order valence-electron chi connectivity index (χ3n) is 4.12. The fourth-order valence-corrected chi connectivity index (χ4v) is 3.19. The smallest absolute Gasteiger partial charge is 0.227 e. The van der Waals surface area contributed by atoms with Gasteiger partial charge in [0.2, 0.25) is 5.89 Å².